The van der Waals surface area contributed by atoms with Crippen LogP contribution in [0.5, 0.6) is 0 Å². The molecule has 0 unspecified atom stereocenters. The molecule has 1 aromatic carbocycles. The van der Waals surface area contributed by atoms with Gasteiger partial charge in [-0.25, -0.2) is 8.42 Å². The molecule has 0 radical (unpaired) electrons. The molecule has 2 amide bonds. The topological polar surface area (TPSA) is 117 Å². The summed E-state index contributed by atoms with van der Waals surface area (Å²) in [6.07, 6.45) is -0.128. The Morgan fingerprint density at radius 2 is 1.71 bits per heavy atom. The molecule has 0 aliphatic carbocycles. The van der Waals surface area contributed by atoms with Crippen molar-refractivity contribution in [2.24, 2.45) is 0 Å². The maximum Gasteiger partial charge on any atom is 0.309 e. The summed E-state index contributed by atoms with van der Waals surface area (Å²) in [6, 6.07) is 6.54. The summed E-state index contributed by atoms with van der Waals surface area (Å²) in [7, 11) is -3.76. The van der Waals surface area contributed by atoms with Crippen molar-refractivity contribution in [3.63, 3.8) is 0 Å². The fraction of sp³-hybridized carbons (Fsp3) is 0.600. The lowest BCUT2D eigenvalue weighted by atomic mass is 10.2. The molecule has 2 saturated heterocycles. The number of morpholine rings is 1. The number of benzene rings is 1. The summed E-state index contributed by atoms with van der Waals surface area (Å²) >= 11 is 0. The zero-order chi connectivity index (χ0) is 22.3. The highest BCUT2D eigenvalue weighted by Gasteiger charge is 2.36. The molecule has 1 atom stereocenters. The van der Waals surface area contributed by atoms with E-state index < -0.39 is 28.1 Å². The summed E-state index contributed by atoms with van der Waals surface area (Å²) < 4.78 is 37.7. The lowest BCUT2D eigenvalue weighted by Gasteiger charge is -2.26. The van der Waals surface area contributed by atoms with Crippen molar-refractivity contribution in [3.05, 3.63) is 29.8 Å². The van der Waals surface area contributed by atoms with Gasteiger partial charge < -0.3 is 20.1 Å². The van der Waals surface area contributed by atoms with E-state index in [1.807, 2.05) is 6.92 Å². The number of carbonyl (C=O) groups is 2. The van der Waals surface area contributed by atoms with Gasteiger partial charge in [0.1, 0.15) is 6.23 Å². The zero-order valence-corrected chi connectivity index (χ0v) is 18.5. The Morgan fingerprint density at radius 1 is 1.03 bits per heavy atom. The molecule has 2 N–H and O–H groups in total. The van der Waals surface area contributed by atoms with Crippen LogP contribution in [0.15, 0.2) is 29.2 Å². The molecule has 2 heterocycles. The lowest BCUT2D eigenvalue weighted by molar-refractivity contribution is -0.139. The predicted molar refractivity (Wildman–Crippen MR) is 113 cm³/mol. The van der Waals surface area contributed by atoms with Gasteiger partial charge >= 0.3 is 11.8 Å². The van der Waals surface area contributed by atoms with E-state index in [4.69, 9.17) is 9.47 Å². The monoisotopic (exact) mass is 454 g/mol. The van der Waals surface area contributed by atoms with Crippen LogP contribution in [0, 0.1) is 6.92 Å². The number of hydrogen-bond acceptors (Lipinski definition) is 7. The van der Waals surface area contributed by atoms with Crippen LogP contribution in [0.2, 0.25) is 0 Å². The highest BCUT2D eigenvalue weighted by atomic mass is 32.2. The van der Waals surface area contributed by atoms with Crippen LogP contribution in [-0.2, 0) is 29.1 Å². The van der Waals surface area contributed by atoms with Crippen molar-refractivity contribution >= 4 is 21.8 Å². The van der Waals surface area contributed by atoms with Gasteiger partial charge in [-0.2, -0.15) is 4.31 Å². The van der Waals surface area contributed by atoms with Gasteiger partial charge in [0.05, 0.1) is 31.3 Å². The van der Waals surface area contributed by atoms with E-state index in [0.717, 1.165) is 31.6 Å². The molecule has 2 aliphatic rings. The molecule has 0 bridgehead atoms. The summed E-state index contributed by atoms with van der Waals surface area (Å²) in [5, 5.41) is 5.06. The van der Waals surface area contributed by atoms with Gasteiger partial charge in [0.15, 0.2) is 0 Å². The minimum Gasteiger partial charge on any atom is -0.379 e. The maximum atomic E-state index is 12.9. The number of nitrogens with one attached hydrogen (secondary N) is 2. The smallest absolute Gasteiger partial charge is 0.309 e. The van der Waals surface area contributed by atoms with E-state index in [0.29, 0.717) is 19.8 Å². The van der Waals surface area contributed by atoms with Crippen LogP contribution in [0.4, 0.5) is 0 Å². The molecule has 3 rings (SSSR count). The predicted octanol–water partition coefficient (Wildman–Crippen LogP) is -0.703. The molecule has 1 aromatic rings. The van der Waals surface area contributed by atoms with Crippen LogP contribution in [0.3, 0.4) is 0 Å². The Bertz CT molecular complexity index is 855. The average molecular weight is 455 g/mol. The summed E-state index contributed by atoms with van der Waals surface area (Å²) in [5.41, 5.74) is 0.955. The van der Waals surface area contributed by atoms with Gasteiger partial charge in [-0.05, 0) is 32.0 Å². The van der Waals surface area contributed by atoms with Gasteiger partial charge in [0.25, 0.3) is 0 Å². The van der Waals surface area contributed by atoms with E-state index in [9.17, 15) is 18.0 Å². The summed E-state index contributed by atoms with van der Waals surface area (Å²) in [6.45, 7) is 6.57. The lowest BCUT2D eigenvalue weighted by Crippen LogP contribution is -2.47. The Labute approximate surface area is 182 Å². The summed E-state index contributed by atoms with van der Waals surface area (Å²) in [4.78, 5) is 26.5. The third kappa shape index (κ3) is 6.47. The number of nitrogens with zero attached hydrogens (tertiary/aromatic N) is 2. The molecule has 0 saturated carbocycles. The molecule has 10 nitrogen and oxygen atoms in total. The Hall–Kier alpha value is -2.05. The molecule has 0 aromatic heterocycles. The number of amides is 2. The Balaban J connectivity index is 1.43. The van der Waals surface area contributed by atoms with E-state index in [1.165, 1.54) is 4.31 Å². The SMILES string of the molecule is Cc1ccc(S(=O)(=O)N2CCO[C@@H]2CNC(=O)C(=O)NCCCN2CCOCC2)cc1. The van der Waals surface area contributed by atoms with Crippen molar-refractivity contribution in [2.45, 2.75) is 24.5 Å². The second-order valence-corrected chi connectivity index (χ2v) is 9.42. The number of sulfonamides is 1. The van der Waals surface area contributed by atoms with Crippen molar-refractivity contribution in [2.75, 3.05) is 59.1 Å². The van der Waals surface area contributed by atoms with Gasteiger partial charge in [0.2, 0.25) is 10.0 Å². The van der Waals surface area contributed by atoms with Gasteiger partial charge in [-0.3, -0.25) is 14.5 Å². The van der Waals surface area contributed by atoms with Crippen LogP contribution in [-0.4, -0.2) is 94.8 Å². The highest BCUT2D eigenvalue weighted by molar-refractivity contribution is 7.89. The normalized spacial score (nSPS) is 20.5. The third-order valence-electron chi connectivity index (χ3n) is 5.25. The van der Waals surface area contributed by atoms with Crippen molar-refractivity contribution < 1.29 is 27.5 Å². The van der Waals surface area contributed by atoms with E-state index in [2.05, 4.69) is 15.5 Å². The summed E-state index contributed by atoms with van der Waals surface area (Å²) in [5.74, 6) is -1.55. The number of carbonyl (C=O) groups excluding carboxylic acids is 2. The van der Waals surface area contributed by atoms with Crippen molar-refractivity contribution in [1.82, 2.24) is 19.8 Å². The first-order valence-electron chi connectivity index (χ1n) is 10.4. The first-order valence-corrected chi connectivity index (χ1v) is 11.9. The first kappa shape index (κ1) is 23.6. The molecule has 2 aliphatic heterocycles. The molecule has 2 fully saturated rings. The Kier molecular flexibility index (Phi) is 8.38. The quantitative estimate of drug-likeness (QED) is 0.394. The molecular weight excluding hydrogens is 424 g/mol. The van der Waals surface area contributed by atoms with Crippen molar-refractivity contribution in [3.8, 4) is 0 Å². The fourth-order valence-electron chi connectivity index (χ4n) is 3.46. The van der Waals surface area contributed by atoms with Crippen LogP contribution in [0.1, 0.15) is 12.0 Å². The minimum absolute atomic E-state index is 0.106. The average Bonchev–Trinajstić information content (AvgIpc) is 3.25. The number of hydrogen-bond donors (Lipinski definition) is 2. The minimum atomic E-state index is -3.76. The second kappa shape index (κ2) is 11.0. The van der Waals surface area contributed by atoms with E-state index in [-0.39, 0.29) is 24.6 Å². The van der Waals surface area contributed by atoms with E-state index in [1.54, 1.807) is 24.3 Å². The van der Waals surface area contributed by atoms with Gasteiger partial charge in [0, 0.05) is 26.2 Å². The number of ether oxygens (including phenoxy) is 2. The fourth-order valence-corrected chi connectivity index (χ4v) is 4.97. The van der Waals surface area contributed by atoms with Gasteiger partial charge in [-0.15, -0.1) is 0 Å². The molecule has 0 spiro atoms. The Morgan fingerprint density at radius 3 is 2.42 bits per heavy atom. The maximum absolute atomic E-state index is 12.9. The highest BCUT2D eigenvalue weighted by Crippen LogP contribution is 2.22. The van der Waals surface area contributed by atoms with Crippen LogP contribution in [0.25, 0.3) is 0 Å². The second-order valence-electron chi connectivity index (χ2n) is 7.53. The zero-order valence-electron chi connectivity index (χ0n) is 17.7. The number of aryl methyl sites for hydroxylation is 1. The largest absolute Gasteiger partial charge is 0.379 e. The van der Waals surface area contributed by atoms with Crippen LogP contribution < -0.4 is 10.6 Å². The third-order valence-corrected chi connectivity index (χ3v) is 7.16. The standard InChI is InChI=1S/C20H30N4O6S/c1-16-3-5-17(6-4-16)31(27,28)24-11-14-30-18(24)15-22-20(26)19(25)21-7-2-8-23-9-12-29-13-10-23/h3-6,18H,2,7-15H2,1H3,(H,21,25)(H,22,26)/t18-/m1/s1. The van der Waals surface area contributed by atoms with E-state index >= 15 is 0 Å². The van der Waals surface area contributed by atoms with Gasteiger partial charge in [-0.1, -0.05) is 17.7 Å². The molecule has 31 heavy (non-hydrogen) atoms. The number of rotatable bonds is 8. The first-order chi connectivity index (χ1) is 14.9. The molecule has 172 valence electrons. The molecule has 11 heteroatoms. The van der Waals surface area contributed by atoms with Crippen LogP contribution >= 0.6 is 0 Å². The molecular formula is C20H30N4O6S. The van der Waals surface area contributed by atoms with Crippen molar-refractivity contribution in [1.29, 1.82) is 0 Å².